The third-order valence-electron chi connectivity index (χ3n) is 2.55. The van der Waals surface area contributed by atoms with Crippen LogP contribution in [0.1, 0.15) is 36.5 Å². The Labute approximate surface area is 99.4 Å². The van der Waals surface area contributed by atoms with Crippen LogP contribution < -0.4 is 5.32 Å². The van der Waals surface area contributed by atoms with Crippen molar-refractivity contribution in [2.75, 3.05) is 6.54 Å². The molecular formula is C11H17N3O3. The number of carboxylic acids is 1. The van der Waals surface area contributed by atoms with E-state index in [9.17, 15) is 9.59 Å². The van der Waals surface area contributed by atoms with Crippen LogP contribution in [0, 0.1) is 12.3 Å². The first-order valence-electron chi connectivity index (χ1n) is 5.36. The van der Waals surface area contributed by atoms with E-state index in [2.05, 4.69) is 15.5 Å². The second kappa shape index (κ2) is 4.99. The lowest BCUT2D eigenvalue weighted by Gasteiger charge is -2.18. The Bertz CT molecular complexity index is 423. The van der Waals surface area contributed by atoms with Gasteiger partial charge in [-0.3, -0.25) is 14.7 Å². The molecule has 0 saturated heterocycles. The zero-order chi connectivity index (χ0) is 13.1. The molecule has 1 amide bonds. The maximum atomic E-state index is 11.6. The smallest absolute Gasteiger partial charge is 0.309 e. The predicted molar refractivity (Wildman–Crippen MR) is 61.7 cm³/mol. The Balaban J connectivity index is 2.42. The molecule has 0 aliphatic rings. The minimum Gasteiger partial charge on any atom is -0.481 e. The molecule has 0 radical (unpaired) electrons. The van der Waals surface area contributed by atoms with Gasteiger partial charge in [0, 0.05) is 12.2 Å². The number of nitrogens with one attached hydrogen (secondary N) is 2. The van der Waals surface area contributed by atoms with Crippen LogP contribution >= 0.6 is 0 Å². The van der Waals surface area contributed by atoms with Gasteiger partial charge in [0.25, 0.3) is 5.91 Å². The fourth-order valence-electron chi connectivity index (χ4n) is 1.22. The lowest BCUT2D eigenvalue weighted by Crippen LogP contribution is -2.32. The fraction of sp³-hybridized carbons (Fsp3) is 0.545. The highest BCUT2D eigenvalue weighted by atomic mass is 16.4. The molecule has 6 heteroatoms. The highest BCUT2D eigenvalue weighted by molar-refractivity contribution is 5.92. The molecule has 0 atom stereocenters. The number of aromatic amines is 1. The highest BCUT2D eigenvalue weighted by Gasteiger charge is 2.26. The number of amides is 1. The molecule has 3 N–H and O–H groups in total. The van der Waals surface area contributed by atoms with Crippen molar-refractivity contribution in [2.24, 2.45) is 5.41 Å². The van der Waals surface area contributed by atoms with Crippen molar-refractivity contribution in [1.82, 2.24) is 15.5 Å². The molecule has 1 aromatic rings. The predicted octanol–water partition coefficient (Wildman–Crippen LogP) is 0.949. The van der Waals surface area contributed by atoms with E-state index < -0.39 is 11.4 Å². The van der Waals surface area contributed by atoms with E-state index in [1.54, 1.807) is 26.8 Å². The number of hydrogen-bond acceptors (Lipinski definition) is 3. The lowest BCUT2D eigenvalue weighted by molar-refractivity contribution is -0.147. The average Bonchev–Trinajstić information content (AvgIpc) is 2.64. The van der Waals surface area contributed by atoms with Gasteiger partial charge in [0.05, 0.1) is 5.41 Å². The first-order chi connectivity index (χ1) is 7.83. The van der Waals surface area contributed by atoms with E-state index in [1.165, 1.54) is 0 Å². The summed E-state index contributed by atoms with van der Waals surface area (Å²) in [5.41, 5.74) is 0.283. The molecule has 17 heavy (non-hydrogen) atoms. The van der Waals surface area contributed by atoms with Gasteiger partial charge >= 0.3 is 5.97 Å². The van der Waals surface area contributed by atoms with Crippen molar-refractivity contribution < 1.29 is 14.7 Å². The van der Waals surface area contributed by atoms with Crippen LogP contribution in [-0.2, 0) is 4.79 Å². The molecule has 0 spiro atoms. The van der Waals surface area contributed by atoms with E-state index >= 15 is 0 Å². The molecule has 6 nitrogen and oxygen atoms in total. The zero-order valence-corrected chi connectivity index (χ0v) is 10.2. The summed E-state index contributed by atoms with van der Waals surface area (Å²) in [5, 5.41) is 18.0. The molecule has 1 aromatic heterocycles. The first-order valence-corrected chi connectivity index (χ1v) is 5.36. The Kier molecular flexibility index (Phi) is 3.88. The molecule has 0 aromatic carbocycles. The molecule has 0 saturated carbocycles. The maximum absolute atomic E-state index is 11.6. The molecule has 1 rings (SSSR count). The molecule has 1 heterocycles. The average molecular weight is 239 g/mol. The molecule has 0 bridgehead atoms. The van der Waals surface area contributed by atoms with Gasteiger partial charge < -0.3 is 10.4 Å². The minimum atomic E-state index is -0.873. The fourth-order valence-corrected chi connectivity index (χ4v) is 1.22. The first kappa shape index (κ1) is 13.2. The summed E-state index contributed by atoms with van der Waals surface area (Å²) in [6.45, 7) is 5.36. The molecule has 94 valence electrons. The number of aryl methyl sites for hydroxylation is 1. The molecule has 0 fully saturated rings. The summed E-state index contributed by atoms with van der Waals surface area (Å²) in [4.78, 5) is 22.4. The Morgan fingerprint density at radius 1 is 1.53 bits per heavy atom. The summed E-state index contributed by atoms with van der Waals surface area (Å²) in [7, 11) is 0. The Hall–Kier alpha value is -1.85. The van der Waals surface area contributed by atoms with Crippen LogP contribution in [0.25, 0.3) is 0 Å². The van der Waals surface area contributed by atoms with Crippen molar-refractivity contribution >= 4 is 11.9 Å². The normalized spacial score (nSPS) is 11.2. The van der Waals surface area contributed by atoms with Gasteiger partial charge in [-0.1, -0.05) is 0 Å². The summed E-state index contributed by atoms with van der Waals surface area (Å²) in [6.07, 6.45) is 0.372. The number of carboxylic acid groups (broad SMARTS) is 1. The van der Waals surface area contributed by atoms with Crippen LogP contribution in [0.3, 0.4) is 0 Å². The third-order valence-corrected chi connectivity index (χ3v) is 2.55. The van der Waals surface area contributed by atoms with E-state index in [-0.39, 0.29) is 5.91 Å². The van der Waals surface area contributed by atoms with Crippen LogP contribution in [-0.4, -0.2) is 33.7 Å². The van der Waals surface area contributed by atoms with Gasteiger partial charge in [-0.25, -0.2) is 0 Å². The van der Waals surface area contributed by atoms with Gasteiger partial charge in [0.1, 0.15) is 5.69 Å². The van der Waals surface area contributed by atoms with Gasteiger partial charge in [-0.2, -0.15) is 5.10 Å². The molecule has 0 unspecified atom stereocenters. The third kappa shape index (κ3) is 3.58. The zero-order valence-electron chi connectivity index (χ0n) is 10.2. The van der Waals surface area contributed by atoms with Crippen molar-refractivity contribution in [1.29, 1.82) is 0 Å². The minimum absolute atomic E-state index is 0.296. The van der Waals surface area contributed by atoms with Crippen molar-refractivity contribution in [3.05, 3.63) is 17.5 Å². The van der Waals surface area contributed by atoms with E-state index in [4.69, 9.17) is 5.11 Å². The quantitative estimate of drug-likeness (QED) is 0.712. The highest BCUT2D eigenvalue weighted by Crippen LogP contribution is 2.19. The monoisotopic (exact) mass is 239 g/mol. The topological polar surface area (TPSA) is 95.1 Å². The summed E-state index contributed by atoms with van der Waals surface area (Å²) < 4.78 is 0. The van der Waals surface area contributed by atoms with Gasteiger partial charge in [-0.15, -0.1) is 0 Å². The van der Waals surface area contributed by atoms with Gasteiger partial charge in [0.15, 0.2) is 0 Å². The molecule has 0 aliphatic carbocycles. The number of rotatable bonds is 5. The second-order valence-electron chi connectivity index (χ2n) is 4.63. The number of carbonyl (C=O) groups is 2. The standard InChI is InChI=1S/C11H17N3O3/c1-7-6-8(14-13-7)9(15)12-5-4-11(2,3)10(16)17/h6H,4-5H2,1-3H3,(H,12,15)(H,13,14)(H,16,17). The van der Waals surface area contributed by atoms with Crippen LogP contribution in [0.4, 0.5) is 0 Å². The SMILES string of the molecule is Cc1cc(C(=O)NCCC(C)(C)C(=O)O)n[nH]1. The van der Waals surface area contributed by atoms with Crippen LogP contribution in [0.15, 0.2) is 6.07 Å². The van der Waals surface area contributed by atoms with Crippen LogP contribution in [0.5, 0.6) is 0 Å². The molecule has 0 aliphatic heterocycles. The van der Waals surface area contributed by atoms with Gasteiger partial charge in [0.2, 0.25) is 0 Å². The number of H-pyrrole nitrogens is 1. The van der Waals surface area contributed by atoms with E-state index in [0.29, 0.717) is 18.7 Å². The number of aliphatic carboxylic acids is 1. The number of carbonyl (C=O) groups excluding carboxylic acids is 1. The lowest BCUT2D eigenvalue weighted by atomic mass is 9.90. The molecular weight excluding hydrogens is 222 g/mol. The summed E-state index contributed by atoms with van der Waals surface area (Å²) in [6, 6.07) is 1.64. The van der Waals surface area contributed by atoms with Crippen molar-refractivity contribution in [3.63, 3.8) is 0 Å². The van der Waals surface area contributed by atoms with E-state index in [1.807, 2.05) is 0 Å². The van der Waals surface area contributed by atoms with Crippen LogP contribution in [0.2, 0.25) is 0 Å². The maximum Gasteiger partial charge on any atom is 0.309 e. The Morgan fingerprint density at radius 2 is 2.18 bits per heavy atom. The number of hydrogen-bond donors (Lipinski definition) is 3. The van der Waals surface area contributed by atoms with Gasteiger partial charge in [-0.05, 0) is 33.3 Å². The summed E-state index contributed by atoms with van der Waals surface area (Å²) >= 11 is 0. The van der Waals surface area contributed by atoms with E-state index in [0.717, 1.165) is 5.69 Å². The number of nitrogens with zero attached hydrogens (tertiary/aromatic N) is 1. The largest absolute Gasteiger partial charge is 0.481 e. The Morgan fingerprint density at radius 3 is 2.65 bits per heavy atom. The summed E-state index contributed by atoms with van der Waals surface area (Å²) in [5.74, 6) is -1.17. The van der Waals surface area contributed by atoms with Crippen molar-refractivity contribution in [2.45, 2.75) is 27.2 Å². The number of aromatic nitrogens is 2. The van der Waals surface area contributed by atoms with Crippen molar-refractivity contribution in [3.8, 4) is 0 Å². The second-order valence-corrected chi connectivity index (χ2v) is 4.63.